The van der Waals surface area contributed by atoms with Gasteiger partial charge in [-0.05, 0) is 61.8 Å². The predicted molar refractivity (Wildman–Crippen MR) is 99.9 cm³/mol. The molecule has 2 aliphatic rings. The Hall–Kier alpha value is -2.24. The summed E-state index contributed by atoms with van der Waals surface area (Å²) in [5, 5.41) is 3.62. The smallest absolute Gasteiger partial charge is 0.251 e. The summed E-state index contributed by atoms with van der Waals surface area (Å²) in [7, 11) is 0. The van der Waals surface area contributed by atoms with Gasteiger partial charge in [0.1, 0.15) is 0 Å². The summed E-state index contributed by atoms with van der Waals surface area (Å²) in [4.78, 5) is 14.9. The molecule has 136 valence electrons. The monoisotopic (exact) mass is 372 g/mol. The number of hydrogen-bond donors (Lipinski definition) is 1. The van der Waals surface area contributed by atoms with Crippen LogP contribution in [0.25, 0.3) is 0 Å². The van der Waals surface area contributed by atoms with Gasteiger partial charge in [0.05, 0.1) is 6.04 Å². The molecule has 0 aliphatic carbocycles. The standard InChI is InChI=1S/C20H21ClN2O3/c21-16-5-3-4-15(10-16)20(24)22-12-17(23-8-1-2-9-23)14-6-7-18-19(11-14)26-13-25-18/h3-7,10-11,17H,1-2,8-9,12-13H2,(H,22,24). The average Bonchev–Trinajstić information content (AvgIpc) is 3.33. The largest absolute Gasteiger partial charge is 0.454 e. The fraction of sp³-hybridized carbons (Fsp3) is 0.350. The second kappa shape index (κ2) is 7.56. The molecule has 0 saturated carbocycles. The minimum absolute atomic E-state index is 0.107. The van der Waals surface area contributed by atoms with Gasteiger partial charge in [-0.2, -0.15) is 0 Å². The number of hydrogen-bond acceptors (Lipinski definition) is 4. The fourth-order valence-corrected chi connectivity index (χ4v) is 3.74. The molecule has 4 rings (SSSR count). The first-order chi connectivity index (χ1) is 12.7. The lowest BCUT2D eigenvalue weighted by atomic mass is 10.0. The van der Waals surface area contributed by atoms with Crippen molar-refractivity contribution in [3.63, 3.8) is 0 Å². The summed E-state index contributed by atoms with van der Waals surface area (Å²) in [6, 6.07) is 13.1. The molecule has 0 radical (unpaired) electrons. The molecule has 2 aromatic rings. The van der Waals surface area contributed by atoms with E-state index >= 15 is 0 Å². The summed E-state index contributed by atoms with van der Waals surface area (Å²) < 4.78 is 10.9. The minimum atomic E-state index is -0.113. The van der Waals surface area contributed by atoms with Crippen molar-refractivity contribution in [2.75, 3.05) is 26.4 Å². The van der Waals surface area contributed by atoms with Crippen molar-refractivity contribution in [3.8, 4) is 11.5 Å². The number of carbonyl (C=O) groups is 1. The van der Waals surface area contributed by atoms with Crippen LogP contribution in [-0.2, 0) is 0 Å². The molecular weight excluding hydrogens is 352 g/mol. The van der Waals surface area contributed by atoms with Crippen LogP contribution < -0.4 is 14.8 Å². The van der Waals surface area contributed by atoms with E-state index in [2.05, 4.69) is 16.3 Å². The van der Waals surface area contributed by atoms with Crippen molar-refractivity contribution in [1.82, 2.24) is 10.2 Å². The second-order valence-electron chi connectivity index (χ2n) is 6.59. The van der Waals surface area contributed by atoms with Gasteiger partial charge < -0.3 is 14.8 Å². The SMILES string of the molecule is O=C(NCC(c1ccc2c(c1)OCO2)N1CCCC1)c1cccc(Cl)c1. The van der Waals surface area contributed by atoms with Crippen LogP contribution in [0.15, 0.2) is 42.5 Å². The second-order valence-corrected chi connectivity index (χ2v) is 7.03. The van der Waals surface area contributed by atoms with Crippen molar-refractivity contribution in [1.29, 1.82) is 0 Å². The topological polar surface area (TPSA) is 50.8 Å². The van der Waals surface area contributed by atoms with Crippen molar-refractivity contribution in [2.24, 2.45) is 0 Å². The predicted octanol–water partition coefficient (Wildman–Crippen LogP) is 3.64. The first kappa shape index (κ1) is 17.2. The third-order valence-electron chi connectivity index (χ3n) is 4.91. The zero-order valence-corrected chi connectivity index (χ0v) is 15.2. The Labute approximate surface area is 157 Å². The number of nitrogens with one attached hydrogen (secondary N) is 1. The molecule has 2 heterocycles. The zero-order valence-electron chi connectivity index (χ0n) is 14.4. The summed E-state index contributed by atoms with van der Waals surface area (Å²) in [6.45, 7) is 2.86. The van der Waals surface area contributed by atoms with E-state index in [1.165, 1.54) is 12.8 Å². The highest BCUT2D eigenvalue weighted by Gasteiger charge is 2.26. The number of halogens is 1. The Morgan fingerprint density at radius 3 is 2.73 bits per heavy atom. The third-order valence-corrected chi connectivity index (χ3v) is 5.14. The van der Waals surface area contributed by atoms with E-state index in [1.54, 1.807) is 24.3 Å². The summed E-state index contributed by atoms with van der Waals surface area (Å²) in [5.74, 6) is 1.43. The molecule has 26 heavy (non-hydrogen) atoms. The lowest BCUT2D eigenvalue weighted by molar-refractivity contribution is 0.0938. The Bertz CT molecular complexity index is 805. The Morgan fingerprint density at radius 1 is 1.12 bits per heavy atom. The number of carbonyl (C=O) groups excluding carboxylic acids is 1. The minimum Gasteiger partial charge on any atom is -0.454 e. The third kappa shape index (κ3) is 3.64. The summed E-state index contributed by atoms with van der Waals surface area (Å²) in [5.41, 5.74) is 1.70. The van der Waals surface area contributed by atoms with E-state index in [0.29, 0.717) is 17.1 Å². The van der Waals surface area contributed by atoms with Gasteiger partial charge in [0, 0.05) is 17.1 Å². The average molecular weight is 373 g/mol. The van der Waals surface area contributed by atoms with E-state index in [1.807, 2.05) is 12.1 Å². The van der Waals surface area contributed by atoms with E-state index < -0.39 is 0 Å². The van der Waals surface area contributed by atoms with Gasteiger partial charge in [-0.3, -0.25) is 9.69 Å². The number of nitrogens with zero attached hydrogens (tertiary/aromatic N) is 1. The van der Waals surface area contributed by atoms with Crippen molar-refractivity contribution >= 4 is 17.5 Å². The van der Waals surface area contributed by atoms with Gasteiger partial charge in [-0.25, -0.2) is 0 Å². The van der Waals surface area contributed by atoms with Crippen LogP contribution in [0, 0.1) is 0 Å². The van der Waals surface area contributed by atoms with Gasteiger partial charge in [-0.1, -0.05) is 23.7 Å². The van der Waals surface area contributed by atoms with Gasteiger partial charge in [0.25, 0.3) is 5.91 Å². The Morgan fingerprint density at radius 2 is 1.92 bits per heavy atom. The first-order valence-corrected chi connectivity index (χ1v) is 9.26. The lowest BCUT2D eigenvalue weighted by Crippen LogP contribution is -2.36. The van der Waals surface area contributed by atoms with Gasteiger partial charge >= 0.3 is 0 Å². The molecule has 1 atom stereocenters. The number of fused-ring (bicyclic) bond motifs is 1. The molecule has 2 aliphatic heterocycles. The number of amides is 1. The molecule has 2 aromatic carbocycles. The highest BCUT2D eigenvalue weighted by Crippen LogP contribution is 2.36. The highest BCUT2D eigenvalue weighted by molar-refractivity contribution is 6.30. The van der Waals surface area contributed by atoms with Crippen LogP contribution in [0.4, 0.5) is 0 Å². The first-order valence-electron chi connectivity index (χ1n) is 8.88. The van der Waals surface area contributed by atoms with Crippen molar-refractivity contribution < 1.29 is 14.3 Å². The van der Waals surface area contributed by atoms with E-state index in [9.17, 15) is 4.79 Å². The number of likely N-dealkylation sites (tertiary alicyclic amines) is 1. The molecule has 0 aromatic heterocycles. The highest BCUT2D eigenvalue weighted by atomic mass is 35.5. The van der Waals surface area contributed by atoms with Crippen LogP contribution >= 0.6 is 11.6 Å². The van der Waals surface area contributed by atoms with Gasteiger partial charge in [-0.15, -0.1) is 0 Å². The fourth-order valence-electron chi connectivity index (χ4n) is 3.55. The molecule has 6 heteroatoms. The van der Waals surface area contributed by atoms with Crippen LogP contribution in [-0.4, -0.2) is 37.2 Å². The maximum atomic E-state index is 12.5. The summed E-state index contributed by atoms with van der Waals surface area (Å²) in [6.07, 6.45) is 2.37. The number of benzene rings is 2. The molecule has 1 N–H and O–H groups in total. The van der Waals surface area contributed by atoms with Crippen LogP contribution in [0.1, 0.15) is 34.8 Å². The quantitative estimate of drug-likeness (QED) is 0.870. The van der Waals surface area contributed by atoms with E-state index in [-0.39, 0.29) is 18.7 Å². The Kier molecular flexibility index (Phi) is 5.00. The zero-order chi connectivity index (χ0) is 17.9. The van der Waals surface area contributed by atoms with Gasteiger partial charge in [0.15, 0.2) is 11.5 Å². The molecule has 1 saturated heterocycles. The van der Waals surface area contributed by atoms with E-state index in [0.717, 1.165) is 30.2 Å². The lowest BCUT2D eigenvalue weighted by Gasteiger charge is -2.28. The van der Waals surface area contributed by atoms with Crippen molar-refractivity contribution in [3.05, 3.63) is 58.6 Å². The van der Waals surface area contributed by atoms with Crippen molar-refractivity contribution in [2.45, 2.75) is 18.9 Å². The number of ether oxygens (including phenoxy) is 2. The molecule has 0 bridgehead atoms. The van der Waals surface area contributed by atoms with Crippen LogP contribution in [0.3, 0.4) is 0 Å². The maximum absolute atomic E-state index is 12.5. The molecule has 1 amide bonds. The summed E-state index contributed by atoms with van der Waals surface area (Å²) >= 11 is 5.99. The molecule has 1 unspecified atom stereocenters. The van der Waals surface area contributed by atoms with E-state index in [4.69, 9.17) is 21.1 Å². The van der Waals surface area contributed by atoms with Crippen LogP contribution in [0.5, 0.6) is 11.5 Å². The molecule has 1 fully saturated rings. The molecule has 5 nitrogen and oxygen atoms in total. The normalized spacial score (nSPS) is 17.3. The van der Waals surface area contributed by atoms with Crippen LogP contribution in [0.2, 0.25) is 5.02 Å². The molecular formula is C20H21ClN2O3. The maximum Gasteiger partial charge on any atom is 0.251 e. The Balaban J connectivity index is 1.51. The molecule has 0 spiro atoms. The van der Waals surface area contributed by atoms with Gasteiger partial charge in [0.2, 0.25) is 6.79 Å². The number of rotatable bonds is 5.